The van der Waals surface area contributed by atoms with E-state index in [1.807, 2.05) is 0 Å². The SMILES string of the molecule is CCCCCCCOC(=O)CC(C(=O)O)S(=O)(=O)O. The van der Waals surface area contributed by atoms with E-state index in [9.17, 15) is 18.0 Å². The van der Waals surface area contributed by atoms with Crippen LogP contribution in [0.15, 0.2) is 0 Å². The van der Waals surface area contributed by atoms with Gasteiger partial charge in [0.15, 0.2) is 5.25 Å². The predicted octanol–water partition coefficient (Wildman–Crippen LogP) is 1.23. The molecule has 112 valence electrons. The Morgan fingerprint density at radius 2 is 1.74 bits per heavy atom. The van der Waals surface area contributed by atoms with Gasteiger partial charge in [-0.2, -0.15) is 8.42 Å². The van der Waals surface area contributed by atoms with Gasteiger partial charge in [0.1, 0.15) is 0 Å². The molecule has 0 fully saturated rings. The third-order valence-electron chi connectivity index (χ3n) is 2.50. The molecule has 0 aliphatic carbocycles. The lowest BCUT2D eigenvalue weighted by Gasteiger charge is -2.09. The summed E-state index contributed by atoms with van der Waals surface area (Å²) in [7, 11) is -4.80. The zero-order chi connectivity index (χ0) is 14.9. The lowest BCUT2D eigenvalue weighted by Crippen LogP contribution is -2.32. The number of ether oxygens (including phenoxy) is 1. The number of rotatable bonds is 10. The van der Waals surface area contributed by atoms with Crippen LogP contribution < -0.4 is 0 Å². The molecule has 1 atom stereocenters. The van der Waals surface area contributed by atoms with Crippen molar-refractivity contribution >= 4 is 22.1 Å². The van der Waals surface area contributed by atoms with Gasteiger partial charge in [-0.15, -0.1) is 0 Å². The predicted molar refractivity (Wildman–Crippen MR) is 67.3 cm³/mol. The number of carbonyl (C=O) groups is 2. The highest BCUT2D eigenvalue weighted by Crippen LogP contribution is 2.07. The minimum atomic E-state index is -4.80. The smallest absolute Gasteiger partial charge is 0.325 e. The number of unbranched alkanes of at least 4 members (excludes halogenated alkanes) is 4. The van der Waals surface area contributed by atoms with E-state index in [-0.39, 0.29) is 6.61 Å². The molecule has 0 bridgehead atoms. The largest absolute Gasteiger partial charge is 0.480 e. The molecule has 1 unspecified atom stereocenters. The summed E-state index contributed by atoms with van der Waals surface area (Å²) in [4.78, 5) is 21.8. The van der Waals surface area contributed by atoms with Gasteiger partial charge in [0.25, 0.3) is 10.1 Å². The summed E-state index contributed by atoms with van der Waals surface area (Å²) in [6.07, 6.45) is 3.86. The van der Waals surface area contributed by atoms with Gasteiger partial charge in [-0.3, -0.25) is 14.1 Å². The number of esters is 1. The van der Waals surface area contributed by atoms with Gasteiger partial charge >= 0.3 is 11.9 Å². The van der Waals surface area contributed by atoms with Crippen LogP contribution >= 0.6 is 0 Å². The standard InChI is InChI=1S/C11H20O7S/c1-2-3-4-5-6-7-18-10(12)8-9(11(13)14)19(15,16)17/h9H,2-8H2,1H3,(H,13,14)(H,15,16,17). The van der Waals surface area contributed by atoms with Crippen molar-refractivity contribution in [3.63, 3.8) is 0 Å². The van der Waals surface area contributed by atoms with Gasteiger partial charge < -0.3 is 9.84 Å². The molecule has 0 aromatic carbocycles. The van der Waals surface area contributed by atoms with Gasteiger partial charge in [0.05, 0.1) is 13.0 Å². The average Bonchev–Trinajstić information content (AvgIpc) is 2.28. The van der Waals surface area contributed by atoms with Crippen molar-refractivity contribution < 1.29 is 32.4 Å². The molecule has 0 aliphatic rings. The molecular weight excluding hydrogens is 276 g/mol. The second-order valence-corrected chi connectivity index (χ2v) is 5.78. The summed E-state index contributed by atoms with van der Waals surface area (Å²) in [6, 6.07) is 0. The zero-order valence-electron chi connectivity index (χ0n) is 10.9. The molecule has 7 nitrogen and oxygen atoms in total. The van der Waals surface area contributed by atoms with Crippen LogP contribution in [0.1, 0.15) is 45.4 Å². The van der Waals surface area contributed by atoms with Crippen LogP contribution in [0.5, 0.6) is 0 Å². The minimum absolute atomic E-state index is 0.125. The average molecular weight is 296 g/mol. The number of hydrogen-bond donors (Lipinski definition) is 2. The van der Waals surface area contributed by atoms with E-state index in [4.69, 9.17) is 14.4 Å². The summed E-state index contributed by atoms with van der Waals surface area (Å²) >= 11 is 0. The van der Waals surface area contributed by atoms with Crippen LogP contribution in [-0.4, -0.2) is 41.9 Å². The highest BCUT2D eigenvalue weighted by molar-refractivity contribution is 7.87. The molecule has 2 N–H and O–H groups in total. The van der Waals surface area contributed by atoms with E-state index in [1.54, 1.807) is 0 Å². The van der Waals surface area contributed by atoms with Crippen LogP contribution in [0.25, 0.3) is 0 Å². The second-order valence-electron chi connectivity index (χ2n) is 4.18. The van der Waals surface area contributed by atoms with Crippen LogP contribution in [0.3, 0.4) is 0 Å². The van der Waals surface area contributed by atoms with Crippen LogP contribution in [-0.2, 0) is 24.4 Å². The van der Waals surface area contributed by atoms with Crippen LogP contribution in [0, 0.1) is 0 Å². The van der Waals surface area contributed by atoms with E-state index < -0.39 is 33.7 Å². The third-order valence-corrected chi connectivity index (χ3v) is 3.59. The first-order valence-electron chi connectivity index (χ1n) is 6.13. The Labute approximate surface area is 112 Å². The van der Waals surface area contributed by atoms with Gasteiger partial charge in [-0.1, -0.05) is 32.6 Å². The maximum atomic E-state index is 11.2. The molecule has 0 heterocycles. The Morgan fingerprint density at radius 1 is 1.16 bits per heavy atom. The molecule has 19 heavy (non-hydrogen) atoms. The maximum Gasteiger partial charge on any atom is 0.325 e. The fraction of sp³-hybridized carbons (Fsp3) is 0.818. The maximum absolute atomic E-state index is 11.2. The van der Waals surface area contributed by atoms with Gasteiger partial charge in [-0.05, 0) is 6.42 Å². The summed E-state index contributed by atoms with van der Waals surface area (Å²) in [5.74, 6) is -2.72. The number of carbonyl (C=O) groups excluding carboxylic acids is 1. The number of carboxylic acids is 1. The number of hydrogen-bond acceptors (Lipinski definition) is 5. The first kappa shape index (κ1) is 17.8. The van der Waals surface area contributed by atoms with Gasteiger partial charge in [0.2, 0.25) is 0 Å². The molecule has 0 saturated heterocycles. The monoisotopic (exact) mass is 296 g/mol. The quantitative estimate of drug-likeness (QED) is 0.353. The third kappa shape index (κ3) is 8.55. The van der Waals surface area contributed by atoms with Crippen molar-refractivity contribution in [3.8, 4) is 0 Å². The van der Waals surface area contributed by atoms with Crippen molar-refractivity contribution in [1.82, 2.24) is 0 Å². The Balaban J connectivity index is 3.99. The first-order valence-corrected chi connectivity index (χ1v) is 7.64. The van der Waals surface area contributed by atoms with Crippen molar-refractivity contribution in [3.05, 3.63) is 0 Å². The molecule has 0 spiro atoms. The Kier molecular flexibility index (Phi) is 8.33. The molecule has 8 heteroatoms. The summed E-state index contributed by atoms with van der Waals surface area (Å²) in [5, 5.41) is 6.41. The number of aliphatic carboxylic acids is 1. The second kappa shape index (κ2) is 8.87. The topological polar surface area (TPSA) is 118 Å². The molecule has 0 aliphatic heterocycles. The lowest BCUT2D eigenvalue weighted by molar-refractivity contribution is -0.147. The highest BCUT2D eigenvalue weighted by atomic mass is 32.2. The van der Waals surface area contributed by atoms with Crippen molar-refractivity contribution in [2.24, 2.45) is 0 Å². The summed E-state index contributed by atoms with van der Waals surface area (Å²) < 4.78 is 34.8. The van der Waals surface area contributed by atoms with Gasteiger partial charge in [0, 0.05) is 0 Å². The van der Waals surface area contributed by atoms with Crippen LogP contribution in [0.2, 0.25) is 0 Å². The van der Waals surface area contributed by atoms with Crippen molar-refractivity contribution in [2.45, 2.75) is 50.7 Å². The summed E-state index contributed by atoms with van der Waals surface area (Å²) in [5.41, 5.74) is 0. The fourth-order valence-electron chi connectivity index (χ4n) is 1.42. The molecule has 0 aromatic heterocycles. The normalized spacial score (nSPS) is 12.9. The lowest BCUT2D eigenvalue weighted by atomic mass is 10.2. The summed E-state index contributed by atoms with van der Waals surface area (Å²) in [6.45, 7) is 2.20. The Morgan fingerprint density at radius 3 is 2.21 bits per heavy atom. The Bertz CT molecular complexity index is 388. The minimum Gasteiger partial charge on any atom is -0.480 e. The molecule has 0 radical (unpaired) electrons. The van der Waals surface area contributed by atoms with E-state index in [2.05, 4.69) is 6.92 Å². The van der Waals surface area contributed by atoms with E-state index in [0.29, 0.717) is 6.42 Å². The first-order chi connectivity index (χ1) is 8.79. The molecule has 0 aromatic rings. The van der Waals surface area contributed by atoms with E-state index in [1.165, 1.54) is 0 Å². The van der Waals surface area contributed by atoms with E-state index in [0.717, 1.165) is 25.7 Å². The van der Waals surface area contributed by atoms with Crippen molar-refractivity contribution in [2.75, 3.05) is 6.61 Å². The van der Waals surface area contributed by atoms with Gasteiger partial charge in [-0.25, -0.2) is 0 Å². The zero-order valence-corrected chi connectivity index (χ0v) is 11.7. The fourth-order valence-corrected chi connectivity index (χ4v) is 2.02. The molecule has 0 saturated carbocycles. The van der Waals surface area contributed by atoms with Crippen molar-refractivity contribution in [1.29, 1.82) is 0 Å². The molecular formula is C11H20O7S. The highest BCUT2D eigenvalue weighted by Gasteiger charge is 2.33. The molecule has 0 amide bonds. The number of carboxylic acid groups (broad SMARTS) is 1. The Hall–Kier alpha value is -1.15. The van der Waals surface area contributed by atoms with E-state index >= 15 is 0 Å². The van der Waals surface area contributed by atoms with Crippen LogP contribution in [0.4, 0.5) is 0 Å². The molecule has 0 rings (SSSR count).